The number of carbonyl (C=O) groups excluding carboxylic acids is 1. The number of ether oxygens (including phenoxy) is 1. The minimum atomic E-state index is -0.331. The van der Waals surface area contributed by atoms with Crippen molar-refractivity contribution in [2.75, 3.05) is 0 Å². The number of rotatable bonds is 6. The van der Waals surface area contributed by atoms with E-state index in [0.717, 1.165) is 21.9 Å². The Balaban J connectivity index is 1.58. The van der Waals surface area contributed by atoms with Gasteiger partial charge in [-0.3, -0.25) is 9.78 Å². The first-order valence-corrected chi connectivity index (χ1v) is 9.33. The molecule has 0 saturated carbocycles. The van der Waals surface area contributed by atoms with Gasteiger partial charge in [0.25, 0.3) is 5.91 Å². The van der Waals surface area contributed by atoms with Crippen LogP contribution in [0.5, 0.6) is 5.75 Å². The van der Waals surface area contributed by atoms with Crippen molar-refractivity contribution in [3.8, 4) is 5.75 Å². The molecular formula is C24H18FN3O2. The average molecular weight is 399 g/mol. The Morgan fingerprint density at radius 2 is 1.77 bits per heavy atom. The summed E-state index contributed by atoms with van der Waals surface area (Å²) in [5.74, 6) is -0.00943. The number of benzene rings is 3. The largest absolute Gasteiger partial charge is 0.488 e. The molecule has 0 fully saturated rings. The van der Waals surface area contributed by atoms with E-state index in [4.69, 9.17) is 4.74 Å². The van der Waals surface area contributed by atoms with Crippen molar-refractivity contribution in [1.82, 2.24) is 10.4 Å². The fourth-order valence-electron chi connectivity index (χ4n) is 3.00. The van der Waals surface area contributed by atoms with E-state index < -0.39 is 0 Å². The standard InChI is InChI=1S/C24H18FN3O2/c25-20-8-5-17(6-9-20)16-30-23-10-7-18-3-1-2-4-21(18)22(23)15-27-28-24(29)19-11-13-26-14-12-19/h1-15H,16H2,(H,28,29). The van der Waals surface area contributed by atoms with E-state index in [2.05, 4.69) is 15.5 Å². The van der Waals surface area contributed by atoms with Crippen LogP contribution in [0.2, 0.25) is 0 Å². The number of amides is 1. The lowest BCUT2D eigenvalue weighted by molar-refractivity contribution is 0.0955. The fourth-order valence-corrected chi connectivity index (χ4v) is 3.00. The maximum atomic E-state index is 13.1. The third-order valence-corrected chi connectivity index (χ3v) is 4.54. The van der Waals surface area contributed by atoms with Crippen LogP contribution in [0.4, 0.5) is 4.39 Å². The lowest BCUT2D eigenvalue weighted by atomic mass is 10.0. The van der Waals surface area contributed by atoms with Gasteiger partial charge in [-0.1, -0.05) is 42.5 Å². The zero-order chi connectivity index (χ0) is 20.8. The number of hydrogen-bond acceptors (Lipinski definition) is 4. The van der Waals surface area contributed by atoms with Gasteiger partial charge in [-0.25, -0.2) is 9.82 Å². The van der Waals surface area contributed by atoms with E-state index in [1.807, 2.05) is 36.4 Å². The SMILES string of the molecule is O=C(NN=Cc1c(OCc2ccc(F)cc2)ccc2ccccc12)c1ccncc1. The highest BCUT2D eigenvalue weighted by Crippen LogP contribution is 2.27. The molecule has 1 amide bonds. The van der Waals surface area contributed by atoms with E-state index in [1.54, 1.807) is 42.9 Å². The highest BCUT2D eigenvalue weighted by Gasteiger charge is 2.09. The number of hydrogen-bond donors (Lipinski definition) is 1. The van der Waals surface area contributed by atoms with Gasteiger partial charge < -0.3 is 4.74 Å². The predicted octanol–water partition coefficient (Wildman–Crippen LogP) is 4.72. The van der Waals surface area contributed by atoms with Crippen molar-refractivity contribution in [1.29, 1.82) is 0 Å². The van der Waals surface area contributed by atoms with Crippen LogP contribution in [-0.4, -0.2) is 17.1 Å². The van der Waals surface area contributed by atoms with Crippen molar-refractivity contribution < 1.29 is 13.9 Å². The molecule has 0 saturated heterocycles. The summed E-state index contributed by atoms with van der Waals surface area (Å²) in [6, 6.07) is 21.0. The second kappa shape index (κ2) is 8.96. The predicted molar refractivity (Wildman–Crippen MR) is 114 cm³/mol. The number of nitrogens with zero attached hydrogens (tertiary/aromatic N) is 2. The van der Waals surface area contributed by atoms with Gasteiger partial charge in [0.15, 0.2) is 0 Å². The maximum Gasteiger partial charge on any atom is 0.271 e. The minimum absolute atomic E-state index is 0.281. The van der Waals surface area contributed by atoms with Gasteiger partial charge in [0.1, 0.15) is 18.2 Å². The third-order valence-electron chi connectivity index (χ3n) is 4.54. The lowest BCUT2D eigenvalue weighted by Gasteiger charge is -2.12. The molecule has 1 N–H and O–H groups in total. The van der Waals surface area contributed by atoms with E-state index in [9.17, 15) is 9.18 Å². The van der Waals surface area contributed by atoms with Gasteiger partial charge in [-0.05, 0) is 46.7 Å². The Bertz CT molecular complexity index is 1190. The van der Waals surface area contributed by atoms with E-state index in [-0.39, 0.29) is 18.3 Å². The molecule has 0 aliphatic rings. The van der Waals surface area contributed by atoms with Gasteiger partial charge in [0.05, 0.1) is 6.21 Å². The Kier molecular flexibility index (Phi) is 5.75. The summed E-state index contributed by atoms with van der Waals surface area (Å²) in [6.07, 6.45) is 4.66. The molecular weight excluding hydrogens is 381 g/mol. The van der Waals surface area contributed by atoms with Crippen LogP contribution in [0, 0.1) is 5.82 Å². The summed E-state index contributed by atoms with van der Waals surface area (Å²) < 4.78 is 19.1. The molecule has 0 atom stereocenters. The summed E-state index contributed by atoms with van der Waals surface area (Å²) in [6.45, 7) is 0.281. The zero-order valence-corrected chi connectivity index (χ0v) is 16.0. The van der Waals surface area contributed by atoms with Crippen LogP contribution < -0.4 is 10.2 Å². The normalized spacial score (nSPS) is 11.0. The van der Waals surface area contributed by atoms with Gasteiger partial charge in [-0.15, -0.1) is 0 Å². The van der Waals surface area contributed by atoms with Gasteiger partial charge in [0, 0.05) is 23.5 Å². The van der Waals surface area contributed by atoms with Crippen LogP contribution in [0.25, 0.3) is 10.8 Å². The van der Waals surface area contributed by atoms with Crippen molar-refractivity contribution in [3.05, 3.63) is 108 Å². The van der Waals surface area contributed by atoms with Crippen LogP contribution in [-0.2, 0) is 6.61 Å². The smallest absolute Gasteiger partial charge is 0.271 e. The Morgan fingerprint density at radius 1 is 1.00 bits per heavy atom. The second-order valence-electron chi connectivity index (χ2n) is 6.55. The molecule has 0 unspecified atom stereocenters. The van der Waals surface area contributed by atoms with Gasteiger partial charge >= 0.3 is 0 Å². The van der Waals surface area contributed by atoms with Crippen molar-refractivity contribution in [2.45, 2.75) is 6.61 Å². The first-order chi connectivity index (χ1) is 14.7. The molecule has 0 spiro atoms. The molecule has 3 aromatic carbocycles. The monoisotopic (exact) mass is 399 g/mol. The van der Waals surface area contributed by atoms with Gasteiger partial charge in [-0.2, -0.15) is 5.10 Å². The number of fused-ring (bicyclic) bond motifs is 1. The highest BCUT2D eigenvalue weighted by atomic mass is 19.1. The Labute approximate surface area is 172 Å². The lowest BCUT2D eigenvalue weighted by Crippen LogP contribution is -2.17. The molecule has 1 heterocycles. The molecule has 0 bridgehead atoms. The number of carbonyl (C=O) groups is 1. The van der Waals surface area contributed by atoms with E-state index in [0.29, 0.717) is 11.3 Å². The van der Waals surface area contributed by atoms with Crippen LogP contribution in [0.15, 0.2) is 90.3 Å². The minimum Gasteiger partial charge on any atom is -0.488 e. The summed E-state index contributed by atoms with van der Waals surface area (Å²) in [5.41, 5.74) is 4.58. The zero-order valence-electron chi connectivity index (χ0n) is 16.0. The molecule has 0 aliphatic heterocycles. The topological polar surface area (TPSA) is 63.6 Å². The number of nitrogens with one attached hydrogen (secondary N) is 1. The second-order valence-corrected chi connectivity index (χ2v) is 6.55. The van der Waals surface area contributed by atoms with Crippen molar-refractivity contribution in [2.24, 2.45) is 5.10 Å². The Hall–Kier alpha value is -4.06. The molecule has 30 heavy (non-hydrogen) atoms. The maximum absolute atomic E-state index is 13.1. The van der Waals surface area contributed by atoms with Gasteiger partial charge in [0.2, 0.25) is 0 Å². The highest BCUT2D eigenvalue weighted by molar-refractivity contribution is 6.03. The van der Waals surface area contributed by atoms with Crippen LogP contribution >= 0.6 is 0 Å². The molecule has 4 rings (SSSR count). The van der Waals surface area contributed by atoms with Crippen molar-refractivity contribution in [3.63, 3.8) is 0 Å². The summed E-state index contributed by atoms with van der Waals surface area (Å²) in [4.78, 5) is 16.1. The Morgan fingerprint density at radius 3 is 2.57 bits per heavy atom. The molecule has 1 aromatic heterocycles. The average Bonchev–Trinajstić information content (AvgIpc) is 2.80. The molecule has 6 heteroatoms. The molecule has 148 valence electrons. The third kappa shape index (κ3) is 4.50. The number of aromatic nitrogens is 1. The quantitative estimate of drug-likeness (QED) is 0.377. The van der Waals surface area contributed by atoms with E-state index in [1.165, 1.54) is 12.1 Å². The first-order valence-electron chi connectivity index (χ1n) is 9.33. The molecule has 5 nitrogen and oxygen atoms in total. The molecule has 0 radical (unpaired) electrons. The number of halogens is 1. The number of pyridine rings is 1. The number of hydrazone groups is 1. The molecule has 0 aliphatic carbocycles. The summed E-state index contributed by atoms with van der Waals surface area (Å²) in [7, 11) is 0. The summed E-state index contributed by atoms with van der Waals surface area (Å²) in [5, 5.41) is 6.08. The van der Waals surface area contributed by atoms with E-state index >= 15 is 0 Å². The fraction of sp³-hybridized carbons (Fsp3) is 0.0417. The van der Waals surface area contributed by atoms with Crippen LogP contribution in [0.1, 0.15) is 21.5 Å². The van der Waals surface area contributed by atoms with Crippen molar-refractivity contribution >= 4 is 22.9 Å². The molecule has 4 aromatic rings. The van der Waals surface area contributed by atoms with Crippen LogP contribution in [0.3, 0.4) is 0 Å². The first kappa shape index (κ1) is 19.3. The summed E-state index contributed by atoms with van der Waals surface area (Å²) >= 11 is 0.